The fourth-order valence-corrected chi connectivity index (χ4v) is 5.78. The lowest BCUT2D eigenvalue weighted by Crippen LogP contribution is -2.44. The first kappa shape index (κ1) is 22.8. The molecule has 3 N–H and O–H groups in total. The average Bonchev–Trinajstić information content (AvgIpc) is 3.01. The highest BCUT2D eigenvalue weighted by atomic mass is 31.2. The lowest BCUT2D eigenvalue weighted by atomic mass is 10.1. The van der Waals surface area contributed by atoms with E-state index in [-0.39, 0.29) is 18.7 Å². The second-order valence-corrected chi connectivity index (χ2v) is 9.68. The minimum absolute atomic E-state index is 0.0736. The number of carbonyl (C=O) groups excluding carboxylic acids is 1. The van der Waals surface area contributed by atoms with E-state index in [9.17, 15) is 24.1 Å². The van der Waals surface area contributed by atoms with Crippen molar-refractivity contribution in [3.63, 3.8) is 0 Å². The second kappa shape index (κ2) is 9.11. The van der Waals surface area contributed by atoms with E-state index >= 15 is 0 Å². The molecule has 0 aliphatic carbocycles. The van der Waals surface area contributed by atoms with Crippen LogP contribution in [0.1, 0.15) is 46.3 Å². The minimum Gasteiger partial charge on any atom is -0.461 e. The molecule has 2 saturated heterocycles. The van der Waals surface area contributed by atoms with Crippen molar-refractivity contribution < 1.29 is 28.5 Å². The lowest BCUT2D eigenvalue weighted by Gasteiger charge is -2.33. The van der Waals surface area contributed by atoms with E-state index in [0.29, 0.717) is 12.8 Å². The molecule has 2 aliphatic heterocycles. The maximum Gasteiger partial charge on any atom is 0.347 e. The third kappa shape index (κ3) is 4.73. The van der Waals surface area contributed by atoms with Crippen LogP contribution in [0.4, 0.5) is 0 Å². The molecule has 0 saturated carbocycles. The van der Waals surface area contributed by atoms with E-state index in [2.05, 4.69) is 10.2 Å². The van der Waals surface area contributed by atoms with Crippen molar-refractivity contribution in [1.82, 2.24) is 19.9 Å². The highest BCUT2D eigenvalue weighted by Gasteiger charge is 2.52. The Hall–Kier alpha value is -1.85. The number of carbonyl (C=O) groups is 1. The predicted molar refractivity (Wildman–Crippen MR) is 104 cm³/mol. The molecule has 3 rings (SSSR count). The SMILES string of the molecule is CCC(CC)OC(=O)[C@H](C)NP1(=O)CC[C@H]2O[C@@H](n3ncc(=O)[nH]c3=O)[C@H](O)[C@@H]2O1. The van der Waals surface area contributed by atoms with Crippen LogP contribution in [0.25, 0.3) is 0 Å². The maximum atomic E-state index is 13.2. The topological polar surface area (TPSA) is 162 Å². The summed E-state index contributed by atoms with van der Waals surface area (Å²) in [5.41, 5.74) is -1.52. The molecule has 13 heteroatoms. The van der Waals surface area contributed by atoms with Crippen molar-refractivity contribution in [2.75, 3.05) is 6.16 Å². The fourth-order valence-electron chi connectivity index (χ4n) is 3.54. The standard InChI is InChI=1S/C17H27N4O8P/c1-4-10(5-2)27-16(24)9(3)20-30(26)7-6-11-14(29-30)13(23)15(28-11)21-17(25)19-12(22)8-18-21/h8-11,13-15,23H,4-7H2,1-3H3,(H,20,26)(H,19,22,25)/t9-,11+,13+,14+,15+,30?/m0/s1. The molecule has 1 aromatic heterocycles. The zero-order chi connectivity index (χ0) is 22.1. The Bertz CT molecular complexity index is 929. The summed E-state index contributed by atoms with van der Waals surface area (Å²) in [7, 11) is -3.49. The number of esters is 1. The quantitative estimate of drug-likeness (QED) is 0.380. The summed E-state index contributed by atoms with van der Waals surface area (Å²) in [6, 6.07) is -0.869. The van der Waals surface area contributed by atoms with Crippen molar-refractivity contribution in [2.45, 2.75) is 76.7 Å². The molecule has 168 valence electrons. The molecule has 1 aromatic rings. The highest BCUT2D eigenvalue weighted by Crippen LogP contribution is 2.53. The largest absolute Gasteiger partial charge is 0.461 e. The van der Waals surface area contributed by atoms with Gasteiger partial charge >= 0.3 is 11.7 Å². The Labute approximate surface area is 172 Å². The van der Waals surface area contributed by atoms with Crippen LogP contribution in [0.3, 0.4) is 0 Å². The Balaban J connectivity index is 1.68. The molecule has 2 fully saturated rings. The van der Waals surface area contributed by atoms with Crippen LogP contribution in [-0.2, 0) is 23.4 Å². The highest BCUT2D eigenvalue weighted by molar-refractivity contribution is 7.57. The molecule has 6 atom stereocenters. The number of hydrogen-bond donors (Lipinski definition) is 3. The molecule has 0 amide bonds. The van der Waals surface area contributed by atoms with E-state index < -0.39 is 55.3 Å². The number of aromatic amines is 1. The average molecular weight is 446 g/mol. The van der Waals surface area contributed by atoms with Crippen LogP contribution in [-0.4, -0.2) is 62.5 Å². The second-order valence-electron chi connectivity index (χ2n) is 7.42. The van der Waals surface area contributed by atoms with E-state index in [4.69, 9.17) is 14.0 Å². The normalized spacial score (nSPS) is 32.0. The van der Waals surface area contributed by atoms with E-state index in [1.165, 1.54) is 6.92 Å². The number of H-pyrrole nitrogens is 1. The number of hydrogen-bond acceptors (Lipinski definition) is 9. The number of nitrogens with zero attached hydrogens (tertiary/aromatic N) is 2. The molecular weight excluding hydrogens is 419 g/mol. The van der Waals surface area contributed by atoms with Crippen LogP contribution >= 0.6 is 7.52 Å². The van der Waals surface area contributed by atoms with Crippen LogP contribution in [0.15, 0.2) is 15.8 Å². The molecule has 0 radical (unpaired) electrons. The van der Waals surface area contributed by atoms with Gasteiger partial charge in [0.1, 0.15) is 30.6 Å². The third-order valence-electron chi connectivity index (χ3n) is 5.23. The van der Waals surface area contributed by atoms with Gasteiger partial charge in [-0.3, -0.25) is 19.1 Å². The summed E-state index contributed by atoms with van der Waals surface area (Å²) >= 11 is 0. The van der Waals surface area contributed by atoms with Gasteiger partial charge in [0.2, 0.25) is 0 Å². The summed E-state index contributed by atoms with van der Waals surface area (Å²) < 4.78 is 30.7. The summed E-state index contributed by atoms with van der Waals surface area (Å²) in [6.45, 7) is 5.35. The summed E-state index contributed by atoms with van der Waals surface area (Å²) in [4.78, 5) is 37.5. The number of rotatable bonds is 7. The number of nitrogens with one attached hydrogen (secondary N) is 2. The lowest BCUT2D eigenvalue weighted by molar-refractivity contribution is -0.151. The van der Waals surface area contributed by atoms with Crippen molar-refractivity contribution in [2.24, 2.45) is 0 Å². The Morgan fingerprint density at radius 3 is 2.80 bits per heavy atom. The van der Waals surface area contributed by atoms with E-state index in [1.807, 2.05) is 18.8 Å². The molecule has 3 heterocycles. The van der Waals surface area contributed by atoms with Gasteiger partial charge in [-0.05, 0) is 26.2 Å². The van der Waals surface area contributed by atoms with Crippen molar-refractivity contribution >= 4 is 13.5 Å². The molecule has 0 bridgehead atoms. The zero-order valence-electron chi connectivity index (χ0n) is 17.0. The maximum absolute atomic E-state index is 13.2. The Kier molecular flexibility index (Phi) is 6.93. The van der Waals surface area contributed by atoms with Crippen molar-refractivity contribution in [1.29, 1.82) is 0 Å². The van der Waals surface area contributed by atoms with Gasteiger partial charge in [-0.15, -0.1) is 0 Å². The zero-order valence-corrected chi connectivity index (χ0v) is 17.9. The number of fused-ring (bicyclic) bond motifs is 1. The van der Waals surface area contributed by atoms with E-state index in [1.54, 1.807) is 0 Å². The van der Waals surface area contributed by atoms with Gasteiger partial charge in [0.15, 0.2) is 6.23 Å². The predicted octanol–water partition coefficient (Wildman–Crippen LogP) is -0.118. The van der Waals surface area contributed by atoms with Gasteiger partial charge in [-0.2, -0.15) is 9.78 Å². The summed E-state index contributed by atoms with van der Waals surface area (Å²) in [6.07, 6.45) is -1.80. The Morgan fingerprint density at radius 2 is 2.17 bits per heavy atom. The smallest absolute Gasteiger partial charge is 0.347 e. The molecule has 0 aromatic carbocycles. The van der Waals surface area contributed by atoms with Gasteiger partial charge in [-0.1, -0.05) is 13.8 Å². The monoisotopic (exact) mass is 446 g/mol. The first-order valence-electron chi connectivity index (χ1n) is 9.94. The van der Waals surface area contributed by atoms with E-state index in [0.717, 1.165) is 10.9 Å². The first-order chi connectivity index (χ1) is 14.2. The van der Waals surface area contributed by atoms with Crippen molar-refractivity contribution in [3.8, 4) is 0 Å². The number of aliphatic hydroxyl groups is 1. The van der Waals surface area contributed by atoms with Gasteiger partial charge in [0.05, 0.1) is 6.10 Å². The van der Waals surface area contributed by atoms with Crippen LogP contribution in [0.5, 0.6) is 0 Å². The molecule has 30 heavy (non-hydrogen) atoms. The van der Waals surface area contributed by atoms with Gasteiger partial charge in [-0.25, -0.2) is 9.88 Å². The van der Waals surface area contributed by atoms with Gasteiger partial charge < -0.3 is 19.1 Å². The molecule has 2 aliphatic rings. The number of aliphatic hydroxyl groups excluding tert-OH is 1. The van der Waals surface area contributed by atoms with Crippen molar-refractivity contribution in [3.05, 3.63) is 27.0 Å². The third-order valence-corrected chi connectivity index (χ3v) is 7.44. The minimum atomic E-state index is -3.49. The summed E-state index contributed by atoms with van der Waals surface area (Å²) in [5, 5.41) is 17.0. The Morgan fingerprint density at radius 1 is 1.47 bits per heavy atom. The van der Waals surface area contributed by atoms with Gasteiger partial charge in [0.25, 0.3) is 13.1 Å². The number of ether oxygens (including phenoxy) is 2. The molecule has 0 spiro atoms. The van der Waals surface area contributed by atoms with Crippen LogP contribution in [0.2, 0.25) is 0 Å². The number of aromatic nitrogens is 3. The van der Waals surface area contributed by atoms with Crippen LogP contribution in [0, 0.1) is 0 Å². The first-order valence-corrected chi connectivity index (χ1v) is 11.8. The molecule has 1 unspecified atom stereocenters. The van der Waals surface area contributed by atoms with Gasteiger partial charge in [0, 0.05) is 6.16 Å². The fraction of sp³-hybridized carbons (Fsp3) is 0.765. The molecule has 12 nitrogen and oxygen atoms in total. The van der Waals surface area contributed by atoms with Crippen LogP contribution < -0.4 is 16.3 Å². The molecular formula is C17H27N4O8P. The summed E-state index contributed by atoms with van der Waals surface area (Å²) in [5.74, 6) is -0.533.